The first-order valence-electron chi connectivity index (χ1n) is 14.5. The Morgan fingerprint density at radius 1 is 0.689 bits per heavy atom. The molecule has 0 unspecified atom stereocenters. The van der Waals surface area contributed by atoms with E-state index < -0.39 is 5.97 Å². The second-order valence-corrected chi connectivity index (χ2v) is 10.8. The van der Waals surface area contributed by atoms with Gasteiger partial charge in [-0.15, -0.1) is 5.10 Å². The van der Waals surface area contributed by atoms with Crippen molar-refractivity contribution < 1.29 is 19.0 Å². The van der Waals surface area contributed by atoms with Gasteiger partial charge in [-0.05, 0) is 76.2 Å². The van der Waals surface area contributed by atoms with Crippen molar-refractivity contribution in [1.29, 1.82) is 0 Å². The van der Waals surface area contributed by atoms with Gasteiger partial charge in [-0.2, -0.15) is 24.9 Å². The first-order valence-corrected chi connectivity index (χ1v) is 14.5. The van der Waals surface area contributed by atoms with Gasteiger partial charge in [-0.25, -0.2) is 4.79 Å². The highest BCUT2D eigenvalue weighted by atomic mass is 16.5. The molecule has 0 aliphatic heterocycles. The Hall–Kier alpha value is -5.77. The molecular weight excluding hydrogens is 568 g/mol. The molecule has 0 N–H and O–H groups in total. The van der Waals surface area contributed by atoms with Gasteiger partial charge in [-0.3, -0.25) is 0 Å². The van der Waals surface area contributed by atoms with Crippen molar-refractivity contribution in [2.45, 2.75) is 19.5 Å². The van der Waals surface area contributed by atoms with Gasteiger partial charge < -0.3 is 14.2 Å². The van der Waals surface area contributed by atoms with E-state index in [9.17, 15) is 4.79 Å². The van der Waals surface area contributed by atoms with Gasteiger partial charge in [0.1, 0.15) is 22.9 Å². The summed E-state index contributed by atoms with van der Waals surface area (Å²) in [5.74, 6) is 1.06. The molecule has 0 amide bonds. The lowest BCUT2D eigenvalue weighted by Crippen LogP contribution is -2.07. The smallest absolute Gasteiger partial charge is 0.360 e. The average molecular weight is 599 g/mol. The van der Waals surface area contributed by atoms with Crippen LogP contribution in [0.5, 0.6) is 11.5 Å². The zero-order chi connectivity index (χ0) is 30.9. The maximum Gasteiger partial charge on any atom is 0.360 e. The van der Waals surface area contributed by atoms with Crippen LogP contribution in [0.25, 0.3) is 33.6 Å². The van der Waals surface area contributed by atoms with Crippen LogP contribution in [0.2, 0.25) is 0 Å². The first-order chi connectivity index (χ1) is 22.0. The Bertz CT molecular complexity index is 2010. The van der Waals surface area contributed by atoms with Crippen LogP contribution in [0.3, 0.4) is 0 Å². The lowest BCUT2D eigenvalue weighted by atomic mass is 10.0. The van der Waals surface area contributed by atoms with Gasteiger partial charge in [0.25, 0.3) is 0 Å². The molecule has 224 valence electrons. The summed E-state index contributed by atoms with van der Waals surface area (Å²) in [7, 11) is 4.64. The van der Waals surface area contributed by atoms with Crippen molar-refractivity contribution in [2.75, 3.05) is 21.3 Å². The Kier molecular flexibility index (Phi) is 7.30. The van der Waals surface area contributed by atoms with E-state index >= 15 is 0 Å². The maximum atomic E-state index is 12.7. The highest BCUT2D eigenvalue weighted by Crippen LogP contribution is 2.40. The quantitative estimate of drug-likeness (QED) is 0.196. The molecule has 0 saturated heterocycles. The molecule has 4 aromatic carbocycles. The number of rotatable bonds is 9. The van der Waals surface area contributed by atoms with E-state index in [1.807, 2.05) is 54.6 Å². The fraction of sp³-hybridized carbons (Fsp3) is 0.171. The molecule has 10 nitrogen and oxygen atoms in total. The van der Waals surface area contributed by atoms with Gasteiger partial charge >= 0.3 is 5.97 Å². The Labute approximate surface area is 259 Å². The molecule has 45 heavy (non-hydrogen) atoms. The second-order valence-electron chi connectivity index (χ2n) is 10.8. The highest BCUT2D eigenvalue weighted by molar-refractivity contribution is 5.94. The van der Waals surface area contributed by atoms with Gasteiger partial charge in [0, 0.05) is 11.1 Å². The molecule has 6 aromatic rings. The summed E-state index contributed by atoms with van der Waals surface area (Å²) in [5, 5.41) is 18.4. The SMILES string of the molecule is COC(=O)c1nn(Cc2ccc(OC)cc2)nc1-c1ccc2c(c1)Cc1cc(-c3cnn(Cc4ccc(OC)cc4)n3)ccc1-2. The van der Waals surface area contributed by atoms with Crippen LogP contribution in [-0.4, -0.2) is 57.3 Å². The number of aromatic nitrogens is 6. The molecular formula is C35H30N6O4. The van der Waals surface area contributed by atoms with Crippen LogP contribution in [0.15, 0.2) is 91.1 Å². The van der Waals surface area contributed by atoms with Gasteiger partial charge in [0.05, 0.1) is 40.6 Å². The van der Waals surface area contributed by atoms with E-state index in [0.29, 0.717) is 18.8 Å². The summed E-state index contributed by atoms with van der Waals surface area (Å²) in [4.78, 5) is 15.9. The lowest BCUT2D eigenvalue weighted by molar-refractivity contribution is 0.0594. The predicted molar refractivity (Wildman–Crippen MR) is 168 cm³/mol. The average Bonchev–Trinajstić information content (AvgIpc) is 3.81. The molecule has 0 spiro atoms. The third-order valence-electron chi connectivity index (χ3n) is 7.99. The van der Waals surface area contributed by atoms with Crippen molar-refractivity contribution in [3.63, 3.8) is 0 Å². The van der Waals surface area contributed by atoms with Gasteiger partial charge in [0.15, 0.2) is 5.69 Å². The molecule has 1 aliphatic rings. The van der Waals surface area contributed by atoms with E-state index in [1.165, 1.54) is 23.0 Å². The van der Waals surface area contributed by atoms with Crippen LogP contribution >= 0.6 is 0 Å². The maximum absolute atomic E-state index is 12.7. The molecule has 0 saturated carbocycles. The summed E-state index contributed by atoms with van der Waals surface area (Å²) in [6.45, 7) is 0.972. The number of nitrogens with zero attached hydrogens (tertiary/aromatic N) is 6. The fourth-order valence-corrected chi connectivity index (χ4v) is 5.66. The predicted octanol–water partition coefficient (Wildman–Crippen LogP) is 5.68. The number of benzene rings is 4. The summed E-state index contributed by atoms with van der Waals surface area (Å²) in [6.07, 6.45) is 2.55. The third kappa shape index (κ3) is 5.53. The lowest BCUT2D eigenvalue weighted by Gasteiger charge is -2.05. The van der Waals surface area contributed by atoms with Crippen molar-refractivity contribution in [2.24, 2.45) is 0 Å². The Morgan fingerprint density at radius 2 is 1.27 bits per heavy atom. The molecule has 2 heterocycles. The number of fused-ring (bicyclic) bond motifs is 3. The summed E-state index contributed by atoms with van der Waals surface area (Å²) >= 11 is 0. The number of hydrogen-bond donors (Lipinski definition) is 0. The van der Waals surface area contributed by atoms with Crippen LogP contribution in [0, 0.1) is 0 Å². The number of methoxy groups -OCH3 is 3. The standard InChI is InChI=1S/C35H30N6O4/c1-43-28-10-4-22(5-11-28)20-40-36-19-32(37-40)24-8-14-30-26(16-24)18-27-17-25(9-15-31(27)30)33-34(35(42)45-3)39-41(38-33)21-23-6-12-29(44-2)13-7-23/h4-17,19H,18,20-21H2,1-3H3. The third-order valence-corrected chi connectivity index (χ3v) is 7.99. The van der Waals surface area contributed by atoms with Crippen LogP contribution in [-0.2, 0) is 24.2 Å². The van der Waals surface area contributed by atoms with Crippen LogP contribution < -0.4 is 9.47 Å². The van der Waals surface area contributed by atoms with E-state index in [2.05, 4.69) is 40.5 Å². The first kappa shape index (κ1) is 28.0. The van der Waals surface area contributed by atoms with E-state index in [1.54, 1.807) is 25.2 Å². The second kappa shape index (κ2) is 11.7. The van der Waals surface area contributed by atoms with E-state index in [-0.39, 0.29) is 5.69 Å². The Morgan fingerprint density at radius 3 is 1.87 bits per heavy atom. The number of ether oxygens (including phenoxy) is 3. The topological polar surface area (TPSA) is 106 Å². The van der Waals surface area contributed by atoms with Crippen molar-refractivity contribution in [3.05, 3.63) is 119 Å². The summed E-state index contributed by atoms with van der Waals surface area (Å²) in [6, 6.07) is 28.1. The number of hydrogen-bond acceptors (Lipinski definition) is 8. The largest absolute Gasteiger partial charge is 0.497 e. The van der Waals surface area contributed by atoms with Crippen LogP contribution in [0.4, 0.5) is 0 Å². The minimum atomic E-state index is -0.528. The molecule has 2 aromatic heterocycles. The normalized spacial score (nSPS) is 11.6. The molecule has 10 heteroatoms. The van der Waals surface area contributed by atoms with E-state index in [4.69, 9.17) is 24.4 Å². The number of carbonyl (C=O) groups is 1. The summed E-state index contributed by atoms with van der Waals surface area (Å²) in [5.41, 5.74) is 10.1. The van der Waals surface area contributed by atoms with Gasteiger partial charge in [-0.1, -0.05) is 48.5 Å². The Balaban J connectivity index is 1.12. The van der Waals surface area contributed by atoms with Gasteiger partial charge in [0.2, 0.25) is 0 Å². The van der Waals surface area contributed by atoms with Crippen molar-refractivity contribution in [3.8, 4) is 45.1 Å². The fourth-order valence-electron chi connectivity index (χ4n) is 5.66. The number of esters is 1. The minimum absolute atomic E-state index is 0.182. The van der Waals surface area contributed by atoms with E-state index in [0.717, 1.165) is 57.0 Å². The molecule has 7 rings (SSSR count). The summed E-state index contributed by atoms with van der Waals surface area (Å²) < 4.78 is 15.5. The highest BCUT2D eigenvalue weighted by Gasteiger charge is 2.25. The molecule has 0 atom stereocenters. The minimum Gasteiger partial charge on any atom is -0.497 e. The van der Waals surface area contributed by atoms with Crippen molar-refractivity contribution in [1.82, 2.24) is 30.0 Å². The number of carbonyl (C=O) groups excluding carboxylic acids is 1. The molecule has 1 aliphatic carbocycles. The zero-order valence-electron chi connectivity index (χ0n) is 25.1. The zero-order valence-corrected chi connectivity index (χ0v) is 25.1. The molecule has 0 fully saturated rings. The molecule has 0 bridgehead atoms. The molecule has 0 radical (unpaired) electrons. The van der Waals surface area contributed by atoms with Crippen molar-refractivity contribution >= 4 is 5.97 Å². The monoisotopic (exact) mass is 598 g/mol. The van der Waals surface area contributed by atoms with Crippen LogP contribution in [0.1, 0.15) is 32.7 Å².